The first-order valence-corrected chi connectivity index (χ1v) is 10.00. The second-order valence-corrected chi connectivity index (χ2v) is 8.04. The monoisotopic (exact) mass is 377 g/mol. The minimum absolute atomic E-state index is 0.163. The van der Waals surface area contributed by atoms with Crippen LogP contribution in [0.15, 0.2) is 36.9 Å². The molecule has 146 valence electrons. The van der Waals surface area contributed by atoms with Crippen LogP contribution in [-0.4, -0.2) is 49.6 Å². The first-order chi connectivity index (χ1) is 13.5. The van der Waals surface area contributed by atoms with Crippen molar-refractivity contribution in [1.29, 1.82) is 0 Å². The third-order valence-electron chi connectivity index (χ3n) is 5.73. The summed E-state index contributed by atoms with van der Waals surface area (Å²) in [5.41, 5.74) is 2.70. The quantitative estimate of drug-likeness (QED) is 0.683. The number of pyridine rings is 2. The van der Waals surface area contributed by atoms with Gasteiger partial charge in [0.2, 0.25) is 0 Å². The highest BCUT2D eigenvalue weighted by molar-refractivity contribution is 5.87. The number of fused-ring (bicyclic) bond motifs is 1. The van der Waals surface area contributed by atoms with E-state index in [1.165, 1.54) is 0 Å². The number of hydrogen-bond donors (Lipinski definition) is 0. The Morgan fingerprint density at radius 3 is 2.54 bits per heavy atom. The van der Waals surface area contributed by atoms with Crippen LogP contribution in [0.25, 0.3) is 22.0 Å². The van der Waals surface area contributed by atoms with Crippen LogP contribution >= 0.6 is 0 Å². The number of aryl methyl sites for hydroxylation is 1. The van der Waals surface area contributed by atoms with E-state index in [2.05, 4.69) is 33.8 Å². The number of carbonyl (C=O) groups excluding carboxylic acids is 1. The Morgan fingerprint density at radius 2 is 1.86 bits per heavy atom. The predicted molar refractivity (Wildman–Crippen MR) is 110 cm³/mol. The lowest BCUT2D eigenvalue weighted by Crippen LogP contribution is -2.40. The molecule has 1 aliphatic heterocycles. The molecule has 1 aliphatic rings. The van der Waals surface area contributed by atoms with Gasteiger partial charge in [-0.2, -0.15) is 5.10 Å². The van der Waals surface area contributed by atoms with Gasteiger partial charge in [0.1, 0.15) is 5.78 Å². The summed E-state index contributed by atoms with van der Waals surface area (Å²) < 4.78 is 1.77. The second kappa shape index (κ2) is 7.80. The lowest BCUT2D eigenvalue weighted by molar-refractivity contribution is -0.123. The van der Waals surface area contributed by atoms with Crippen LogP contribution in [0.4, 0.5) is 0 Å². The van der Waals surface area contributed by atoms with Crippen LogP contribution < -0.4 is 0 Å². The Morgan fingerprint density at radius 1 is 1.11 bits per heavy atom. The highest BCUT2D eigenvalue weighted by Gasteiger charge is 2.26. The van der Waals surface area contributed by atoms with Crippen LogP contribution in [0.3, 0.4) is 0 Å². The lowest BCUT2D eigenvalue weighted by atomic mass is 9.89. The lowest BCUT2D eigenvalue weighted by Gasteiger charge is -2.33. The normalized spacial score (nSPS) is 16.1. The largest absolute Gasteiger partial charge is 0.301 e. The molecule has 0 spiro atoms. The molecule has 0 aliphatic carbocycles. The van der Waals surface area contributed by atoms with Gasteiger partial charge in [-0.15, -0.1) is 0 Å². The smallest absolute Gasteiger partial charge is 0.142 e. The molecule has 0 N–H and O–H groups in total. The number of nitrogens with zero attached hydrogens (tertiary/aromatic N) is 5. The topological polar surface area (TPSA) is 63.9 Å². The SMILES string of the molecule is CC(C)N1CCC(C(=O)Cc2cc3cc(-c4cnn(C)c4)ncc3cn2)CC1. The van der Waals surface area contributed by atoms with E-state index in [-0.39, 0.29) is 5.92 Å². The van der Waals surface area contributed by atoms with Gasteiger partial charge in [0.15, 0.2) is 0 Å². The van der Waals surface area contributed by atoms with E-state index in [0.717, 1.165) is 53.7 Å². The molecule has 0 saturated carbocycles. The maximum Gasteiger partial charge on any atom is 0.142 e. The van der Waals surface area contributed by atoms with Gasteiger partial charge in [-0.25, -0.2) is 0 Å². The summed E-state index contributed by atoms with van der Waals surface area (Å²) in [6.45, 7) is 6.46. The molecule has 3 aromatic heterocycles. The second-order valence-electron chi connectivity index (χ2n) is 8.04. The number of carbonyl (C=O) groups is 1. The van der Waals surface area contributed by atoms with Gasteiger partial charge in [-0.3, -0.25) is 19.4 Å². The summed E-state index contributed by atoms with van der Waals surface area (Å²) >= 11 is 0. The maximum atomic E-state index is 12.8. The molecule has 0 amide bonds. The van der Waals surface area contributed by atoms with Gasteiger partial charge >= 0.3 is 0 Å². The van der Waals surface area contributed by atoms with Crippen molar-refractivity contribution in [2.75, 3.05) is 13.1 Å². The molecule has 6 heteroatoms. The Balaban J connectivity index is 1.49. The fourth-order valence-electron chi connectivity index (χ4n) is 3.95. The van der Waals surface area contributed by atoms with Gasteiger partial charge in [0, 0.05) is 60.7 Å². The first kappa shape index (κ1) is 18.7. The summed E-state index contributed by atoms with van der Waals surface area (Å²) in [5, 5.41) is 6.25. The fraction of sp³-hybridized carbons (Fsp3) is 0.455. The first-order valence-electron chi connectivity index (χ1n) is 10.00. The van der Waals surface area contributed by atoms with Gasteiger partial charge < -0.3 is 4.90 Å². The number of ketones is 1. The van der Waals surface area contributed by atoms with Crippen molar-refractivity contribution < 1.29 is 4.79 Å². The fourth-order valence-corrected chi connectivity index (χ4v) is 3.95. The van der Waals surface area contributed by atoms with Crippen molar-refractivity contribution in [2.24, 2.45) is 13.0 Å². The van der Waals surface area contributed by atoms with Crippen molar-refractivity contribution in [2.45, 2.75) is 39.2 Å². The number of piperidine rings is 1. The van der Waals surface area contributed by atoms with Crippen molar-refractivity contribution in [3.8, 4) is 11.3 Å². The van der Waals surface area contributed by atoms with E-state index >= 15 is 0 Å². The van der Waals surface area contributed by atoms with Crippen molar-refractivity contribution in [1.82, 2.24) is 24.6 Å². The van der Waals surface area contributed by atoms with Crippen LogP contribution in [0, 0.1) is 5.92 Å². The molecule has 4 heterocycles. The summed E-state index contributed by atoms with van der Waals surface area (Å²) in [7, 11) is 1.89. The number of likely N-dealkylation sites (tertiary alicyclic amines) is 1. The third-order valence-corrected chi connectivity index (χ3v) is 5.73. The average molecular weight is 377 g/mol. The van der Waals surface area contributed by atoms with E-state index in [4.69, 9.17) is 0 Å². The highest BCUT2D eigenvalue weighted by Crippen LogP contribution is 2.24. The van der Waals surface area contributed by atoms with E-state index in [1.807, 2.05) is 44.0 Å². The molecule has 4 rings (SSSR count). The van der Waals surface area contributed by atoms with Crippen LogP contribution in [-0.2, 0) is 18.3 Å². The van der Waals surface area contributed by atoms with Crippen molar-refractivity contribution >= 4 is 16.6 Å². The summed E-state index contributed by atoms with van der Waals surface area (Å²) in [6.07, 6.45) is 9.73. The predicted octanol–water partition coefficient (Wildman–Crippen LogP) is 3.26. The highest BCUT2D eigenvalue weighted by atomic mass is 16.1. The van der Waals surface area contributed by atoms with Crippen LogP contribution in [0.2, 0.25) is 0 Å². The number of aromatic nitrogens is 4. The zero-order valence-corrected chi connectivity index (χ0v) is 16.8. The van der Waals surface area contributed by atoms with Crippen molar-refractivity contribution in [3.63, 3.8) is 0 Å². The van der Waals surface area contributed by atoms with Crippen LogP contribution in [0.1, 0.15) is 32.4 Å². The van der Waals surface area contributed by atoms with E-state index in [0.29, 0.717) is 18.2 Å². The molecule has 0 unspecified atom stereocenters. The molecule has 1 fully saturated rings. The molecule has 0 aromatic carbocycles. The van der Waals surface area contributed by atoms with Crippen molar-refractivity contribution in [3.05, 3.63) is 42.6 Å². The number of rotatable bonds is 5. The summed E-state index contributed by atoms with van der Waals surface area (Å²) in [4.78, 5) is 24.3. The summed E-state index contributed by atoms with van der Waals surface area (Å²) in [5.74, 6) is 0.479. The minimum atomic E-state index is 0.163. The average Bonchev–Trinajstić information content (AvgIpc) is 3.14. The molecule has 0 bridgehead atoms. The Kier molecular flexibility index (Phi) is 5.22. The minimum Gasteiger partial charge on any atom is -0.301 e. The molecule has 1 saturated heterocycles. The Hall–Kier alpha value is -2.60. The molecule has 6 nitrogen and oxygen atoms in total. The third kappa shape index (κ3) is 3.97. The molecular formula is C22H27N5O. The van der Waals surface area contributed by atoms with Gasteiger partial charge in [0.25, 0.3) is 0 Å². The van der Waals surface area contributed by atoms with E-state index < -0.39 is 0 Å². The Bertz CT molecular complexity index is 986. The standard InChI is InChI=1S/C22H27N5O/c1-15(2)27-6-4-16(5-7-27)22(28)10-20-8-17-9-21(19-13-25-26(3)14-19)24-12-18(17)11-23-20/h8-9,11-16H,4-7,10H2,1-3H3. The number of hydrogen-bond acceptors (Lipinski definition) is 5. The van der Waals surface area contributed by atoms with E-state index in [1.54, 1.807) is 4.68 Å². The van der Waals surface area contributed by atoms with Gasteiger partial charge in [0.05, 0.1) is 11.9 Å². The molecule has 3 aromatic rings. The zero-order chi connectivity index (χ0) is 19.7. The molecule has 0 atom stereocenters. The molecule has 0 radical (unpaired) electrons. The Labute approximate surface area is 165 Å². The zero-order valence-electron chi connectivity index (χ0n) is 16.8. The number of Topliss-reactive ketones (excluding diaryl/α,β-unsaturated/α-hetero) is 1. The van der Waals surface area contributed by atoms with Gasteiger partial charge in [-0.1, -0.05) is 0 Å². The maximum absolute atomic E-state index is 12.8. The van der Waals surface area contributed by atoms with Crippen LogP contribution in [0.5, 0.6) is 0 Å². The van der Waals surface area contributed by atoms with E-state index in [9.17, 15) is 4.79 Å². The molecule has 28 heavy (non-hydrogen) atoms. The summed E-state index contributed by atoms with van der Waals surface area (Å²) in [6, 6.07) is 4.63. The van der Waals surface area contributed by atoms with Gasteiger partial charge in [-0.05, 0) is 57.3 Å². The molecular weight excluding hydrogens is 350 g/mol.